The molecule has 20 heavy (non-hydrogen) atoms. The van der Waals surface area contributed by atoms with Gasteiger partial charge in [0.1, 0.15) is 0 Å². The summed E-state index contributed by atoms with van der Waals surface area (Å²) in [6.45, 7) is 7.08. The van der Waals surface area contributed by atoms with E-state index < -0.39 is 10.0 Å². The predicted molar refractivity (Wildman–Crippen MR) is 81.3 cm³/mol. The van der Waals surface area contributed by atoms with Crippen LogP contribution in [0.15, 0.2) is 23.1 Å². The molecule has 0 fully saturated rings. The summed E-state index contributed by atoms with van der Waals surface area (Å²) in [6, 6.07) is 4.60. The first-order chi connectivity index (χ1) is 9.36. The van der Waals surface area contributed by atoms with E-state index >= 15 is 0 Å². The fraction of sp³-hybridized carbons (Fsp3) is 0.538. The quantitative estimate of drug-likeness (QED) is 0.498. The molecule has 1 rings (SSSR count). The van der Waals surface area contributed by atoms with Crippen molar-refractivity contribution in [3.63, 3.8) is 0 Å². The van der Waals surface area contributed by atoms with E-state index in [9.17, 15) is 8.42 Å². The fourth-order valence-electron chi connectivity index (χ4n) is 1.61. The van der Waals surface area contributed by atoms with Gasteiger partial charge in [0.05, 0.1) is 29.0 Å². The first kappa shape index (κ1) is 16.7. The van der Waals surface area contributed by atoms with Crippen molar-refractivity contribution in [2.24, 2.45) is 0 Å². The Balaban J connectivity index is 2.77. The second-order valence-corrected chi connectivity index (χ2v) is 6.36. The lowest BCUT2D eigenvalue weighted by atomic mass is 10.2. The van der Waals surface area contributed by atoms with E-state index in [4.69, 9.17) is 10.5 Å². The number of benzene rings is 1. The standard InChI is InChI=1S/C13H23N3O3S/c1-4-16-20(17,18)11-5-6-12(14)13(9-11)15-7-8-19-10(2)3/h5-6,9-10,15-16H,4,7-8,14H2,1-3H3. The van der Waals surface area contributed by atoms with Crippen LogP contribution in [0.3, 0.4) is 0 Å². The minimum atomic E-state index is -3.47. The summed E-state index contributed by atoms with van der Waals surface area (Å²) in [6.07, 6.45) is 0.162. The van der Waals surface area contributed by atoms with Crippen molar-refractivity contribution in [3.05, 3.63) is 18.2 Å². The summed E-state index contributed by atoms with van der Waals surface area (Å²) in [5.74, 6) is 0. The van der Waals surface area contributed by atoms with Gasteiger partial charge in [-0.1, -0.05) is 6.92 Å². The predicted octanol–water partition coefficient (Wildman–Crippen LogP) is 1.40. The molecule has 0 aromatic heterocycles. The van der Waals surface area contributed by atoms with E-state index in [-0.39, 0.29) is 11.0 Å². The van der Waals surface area contributed by atoms with Crippen molar-refractivity contribution >= 4 is 21.4 Å². The van der Waals surface area contributed by atoms with Gasteiger partial charge < -0.3 is 15.8 Å². The molecule has 0 aliphatic rings. The number of hydrogen-bond donors (Lipinski definition) is 3. The molecule has 0 unspecified atom stereocenters. The largest absolute Gasteiger partial charge is 0.397 e. The minimum Gasteiger partial charge on any atom is -0.397 e. The van der Waals surface area contributed by atoms with Crippen LogP contribution in [0.2, 0.25) is 0 Å². The Hall–Kier alpha value is -1.31. The van der Waals surface area contributed by atoms with Crippen LogP contribution in [0.1, 0.15) is 20.8 Å². The van der Waals surface area contributed by atoms with Crippen molar-refractivity contribution in [1.82, 2.24) is 4.72 Å². The van der Waals surface area contributed by atoms with Crippen molar-refractivity contribution in [1.29, 1.82) is 0 Å². The summed E-state index contributed by atoms with van der Waals surface area (Å²) >= 11 is 0. The van der Waals surface area contributed by atoms with Gasteiger partial charge in [0, 0.05) is 13.1 Å². The Morgan fingerprint density at radius 1 is 1.35 bits per heavy atom. The Morgan fingerprint density at radius 3 is 2.65 bits per heavy atom. The average Bonchev–Trinajstić information content (AvgIpc) is 2.36. The van der Waals surface area contributed by atoms with Crippen LogP contribution in [-0.2, 0) is 14.8 Å². The van der Waals surface area contributed by atoms with Gasteiger partial charge in [-0.3, -0.25) is 0 Å². The third kappa shape index (κ3) is 4.99. The fourth-order valence-corrected chi connectivity index (χ4v) is 2.68. The topological polar surface area (TPSA) is 93.5 Å². The zero-order valence-electron chi connectivity index (χ0n) is 12.1. The molecule has 0 radical (unpaired) electrons. The monoisotopic (exact) mass is 301 g/mol. The molecule has 4 N–H and O–H groups in total. The highest BCUT2D eigenvalue weighted by Gasteiger charge is 2.14. The molecule has 0 bridgehead atoms. The van der Waals surface area contributed by atoms with Gasteiger partial charge in [-0.25, -0.2) is 13.1 Å². The van der Waals surface area contributed by atoms with Crippen molar-refractivity contribution in [2.75, 3.05) is 30.7 Å². The number of anilines is 2. The third-order valence-electron chi connectivity index (χ3n) is 2.54. The maximum absolute atomic E-state index is 11.9. The molecule has 0 spiro atoms. The normalized spacial score (nSPS) is 11.8. The first-order valence-electron chi connectivity index (χ1n) is 6.61. The van der Waals surface area contributed by atoms with E-state index in [0.717, 1.165) is 0 Å². The average molecular weight is 301 g/mol. The lowest BCUT2D eigenvalue weighted by Gasteiger charge is -2.13. The zero-order valence-corrected chi connectivity index (χ0v) is 13.0. The lowest BCUT2D eigenvalue weighted by molar-refractivity contribution is 0.0870. The molecule has 6 nitrogen and oxygen atoms in total. The highest BCUT2D eigenvalue weighted by atomic mass is 32.2. The van der Waals surface area contributed by atoms with Crippen molar-refractivity contribution < 1.29 is 13.2 Å². The van der Waals surface area contributed by atoms with E-state index in [1.54, 1.807) is 13.0 Å². The molecule has 114 valence electrons. The molecule has 0 aliphatic carbocycles. The van der Waals surface area contributed by atoms with Crippen LogP contribution in [-0.4, -0.2) is 34.2 Å². The minimum absolute atomic E-state index is 0.162. The van der Waals surface area contributed by atoms with Crippen LogP contribution >= 0.6 is 0 Å². The number of sulfonamides is 1. The number of nitrogen functional groups attached to an aromatic ring is 1. The third-order valence-corrected chi connectivity index (χ3v) is 4.08. The summed E-state index contributed by atoms with van der Waals surface area (Å²) in [7, 11) is -3.47. The molecule has 1 aromatic rings. The summed E-state index contributed by atoms with van der Waals surface area (Å²) in [5, 5.41) is 3.08. The van der Waals surface area contributed by atoms with Gasteiger partial charge in [-0.2, -0.15) is 0 Å². The van der Waals surface area contributed by atoms with Crippen LogP contribution in [0.4, 0.5) is 11.4 Å². The smallest absolute Gasteiger partial charge is 0.240 e. The SMILES string of the molecule is CCNS(=O)(=O)c1ccc(N)c(NCCOC(C)C)c1. The van der Waals surface area contributed by atoms with Crippen molar-refractivity contribution in [3.8, 4) is 0 Å². The summed E-state index contributed by atoms with van der Waals surface area (Å²) in [4.78, 5) is 0.195. The number of nitrogens with two attached hydrogens (primary N) is 1. The van der Waals surface area contributed by atoms with Gasteiger partial charge in [0.25, 0.3) is 0 Å². The molecule has 0 amide bonds. The van der Waals surface area contributed by atoms with E-state index in [2.05, 4.69) is 10.0 Å². The Labute approximate surface area is 120 Å². The lowest BCUT2D eigenvalue weighted by Crippen LogP contribution is -2.23. The number of hydrogen-bond acceptors (Lipinski definition) is 5. The second-order valence-electron chi connectivity index (χ2n) is 4.60. The molecule has 0 aliphatic heterocycles. The van der Waals surface area contributed by atoms with Crippen LogP contribution in [0.5, 0.6) is 0 Å². The molecule has 0 saturated carbocycles. The molecule has 0 heterocycles. The number of nitrogens with one attached hydrogen (secondary N) is 2. The molecule has 0 atom stereocenters. The van der Waals surface area contributed by atoms with Crippen molar-refractivity contribution in [2.45, 2.75) is 31.8 Å². The molecule has 1 aromatic carbocycles. The van der Waals surface area contributed by atoms with Crippen LogP contribution in [0, 0.1) is 0 Å². The number of rotatable bonds is 8. The van der Waals surface area contributed by atoms with Gasteiger partial charge in [0.2, 0.25) is 10.0 Å². The first-order valence-corrected chi connectivity index (χ1v) is 8.09. The van der Waals surface area contributed by atoms with E-state index in [1.807, 2.05) is 13.8 Å². The highest BCUT2D eigenvalue weighted by molar-refractivity contribution is 7.89. The van der Waals surface area contributed by atoms with E-state index in [1.165, 1.54) is 12.1 Å². The Kier molecular flexibility index (Phi) is 6.25. The van der Waals surface area contributed by atoms with Gasteiger partial charge in [-0.05, 0) is 32.0 Å². The second kappa shape index (κ2) is 7.47. The highest BCUT2D eigenvalue weighted by Crippen LogP contribution is 2.22. The summed E-state index contributed by atoms with van der Waals surface area (Å²) in [5.41, 5.74) is 6.93. The Bertz CT molecular complexity index is 530. The molecule has 7 heteroatoms. The van der Waals surface area contributed by atoms with Crippen LogP contribution < -0.4 is 15.8 Å². The molecule has 0 saturated heterocycles. The Morgan fingerprint density at radius 2 is 2.05 bits per heavy atom. The van der Waals surface area contributed by atoms with E-state index in [0.29, 0.717) is 31.1 Å². The van der Waals surface area contributed by atoms with Gasteiger partial charge in [-0.15, -0.1) is 0 Å². The maximum Gasteiger partial charge on any atom is 0.240 e. The number of ether oxygens (including phenoxy) is 1. The van der Waals surface area contributed by atoms with Gasteiger partial charge in [0.15, 0.2) is 0 Å². The molecular weight excluding hydrogens is 278 g/mol. The maximum atomic E-state index is 11.9. The van der Waals surface area contributed by atoms with Gasteiger partial charge >= 0.3 is 0 Å². The summed E-state index contributed by atoms with van der Waals surface area (Å²) < 4.78 is 31.7. The zero-order chi connectivity index (χ0) is 15.2. The molecular formula is C13H23N3O3S. The van der Waals surface area contributed by atoms with Crippen LogP contribution in [0.25, 0.3) is 0 Å².